The summed E-state index contributed by atoms with van der Waals surface area (Å²) in [5, 5.41) is 0. The van der Waals surface area contributed by atoms with Crippen LogP contribution in [0.25, 0.3) is 0 Å². The normalized spacial score (nSPS) is 10.8. The molecule has 0 bridgehead atoms. The molecule has 0 saturated heterocycles. The molecule has 0 radical (unpaired) electrons. The van der Waals surface area contributed by atoms with Crippen LogP contribution < -0.4 is 0 Å². The second kappa shape index (κ2) is 13.2. The largest absolute Gasteiger partial charge is 0.462 e. The van der Waals surface area contributed by atoms with Crippen LogP contribution >= 0.6 is 0 Å². The molecule has 0 aromatic heterocycles. The molecule has 0 heterocycles. The lowest BCUT2D eigenvalue weighted by molar-refractivity contribution is -0.139. The molecule has 0 rings (SSSR count). The van der Waals surface area contributed by atoms with Gasteiger partial charge in [-0.05, 0) is 39.3 Å². The van der Waals surface area contributed by atoms with Crippen molar-refractivity contribution < 1.29 is 9.53 Å². The van der Waals surface area contributed by atoms with Crippen molar-refractivity contribution in [3.05, 3.63) is 12.2 Å². The maximum atomic E-state index is 11.3. The van der Waals surface area contributed by atoms with E-state index in [1.807, 2.05) is 0 Å². The predicted octanol–water partition coefficient (Wildman–Crippen LogP) is 4.18. The predicted molar refractivity (Wildman–Crippen MR) is 85.9 cm³/mol. The topological polar surface area (TPSA) is 29.5 Å². The Kier molecular flexibility index (Phi) is 12.6. The van der Waals surface area contributed by atoms with Gasteiger partial charge in [0.1, 0.15) is 0 Å². The summed E-state index contributed by atoms with van der Waals surface area (Å²) in [6.07, 6.45) is 8.58. The van der Waals surface area contributed by atoms with E-state index in [1.165, 1.54) is 51.6 Å². The number of hydrogen-bond donors (Lipinski definition) is 0. The summed E-state index contributed by atoms with van der Waals surface area (Å²) >= 11 is 0. The Morgan fingerprint density at radius 3 is 1.90 bits per heavy atom. The summed E-state index contributed by atoms with van der Waals surface area (Å²) in [6, 6.07) is 0. The lowest BCUT2D eigenvalue weighted by Gasteiger charge is -2.22. The molecule has 3 nitrogen and oxygen atoms in total. The molecule has 0 saturated carbocycles. The third-order valence-electron chi connectivity index (χ3n) is 3.36. The standard InChI is InChI=1S/C17H33NO2/c1-5-7-9-12-18(13-10-8-6-2)14-11-15-20-17(19)16(3)4/h3,5-15H2,1-2,4H3. The molecule has 0 aliphatic carbocycles. The molecule has 118 valence electrons. The highest BCUT2D eigenvalue weighted by molar-refractivity contribution is 5.86. The van der Waals surface area contributed by atoms with Crippen LogP contribution in [0.2, 0.25) is 0 Å². The molecule has 0 spiro atoms. The van der Waals surface area contributed by atoms with E-state index in [4.69, 9.17) is 4.74 Å². The van der Waals surface area contributed by atoms with E-state index in [9.17, 15) is 4.79 Å². The number of esters is 1. The van der Waals surface area contributed by atoms with Gasteiger partial charge in [-0.2, -0.15) is 0 Å². The van der Waals surface area contributed by atoms with Crippen LogP contribution in [-0.2, 0) is 9.53 Å². The first-order valence-electron chi connectivity index (χ1n) is 8.16. The number of unbranched alkanes of at least 4 members (excludes halogenated alkanes) is 4. The summed E-state index contributed by atoms with van der Waals surface area (Å²) < 4.78 is 5.14. The van der Waals surface area contributed by atoms with Crippen molar-refractivity contribution in [2.24, 2.45) is 0 Å². The Labute approximate surface area is 125 Å². The quantitative estimate of drug-likeness (QED) is 0.288. The van der Waals surface area contributed by atoms with Crippen LogP contribution in [0, 0.1) is 0 Å². The van der Waals surface area contributed by atoms with Crippen molar-refractivity contribution >= 4 is 5.97 Å². The molecular formula is C17H33NO2. The van der Waals surface area contributed by atoms with Gasteiger partial charge in [0, 0.05) is 12.1 Å². The Morgan fingerprint density at radius 1 is 0.950 bits per heavy atom. The van der Waals surface area contributed by atoms with Gasteiger partial charge in [-0.25, -0.2) is 4.79 Å². The van der Waals surface area contributed by atoms with E-state index in [2.05, 4.69) is 25.3 Å². The molecule has 20 heavy (non-hydrogen) atoms. The number of hydrogen-bond acceptors (Lipinski definition) is 3. The number of carbonyl (C=O) groups excluding carboxylic acids is 1. The molecule has 0 aliphatic rings. The Morgan fingerprint density at radius 2 is 1.45 bits per heavy atom. The van der Waals surface area contributed by atoms with Crippen molar-refractivity contribution in [3.63, 3.8) is 0 Å². The minimum atomic E-state index is -0.270. The molecule has 0 unspecified atom stereocenters. The number of nitrogens with zero attached hydrogens (tertiary/aromatic N) is 1. The molecule has 0 atom stereocenters. The number of carbonyl (C=O) groups is 1. The monoisotopic (exact) mass is 283 g/mol. The van der Waals surface area contributed by atoms with Crippen LogP contribution in [0.1, 0.15) is 65.7 Å². The first-order chi connectivity index (χ1) is 9.61. The van der Waals surface area contributed by atoms with Gasteiger partial charge >= 0.3 is 5.97 Å². The minimum Gasteiger partial charge on any atom is -0.462 e. The van der Waals surface area contributed by atoms with Crippen LogP contribution in [0.5, 0.6) is 0 Å². The van der Waals surface area contributed by atoms with E-state index in [0.29, 0.717) is 12.2 Å². The van der Waals surface area contributed by atoms with Crippen molar-refractivity contribution in [1.29, 1.82) is 0 Å². The highest BCUT2D eigenvalue weighted by atomic mass is 16.5. The van der Waals surface area contributed by atoms with Crippen LogP contribution in [-0.4, -0.2) is 37.1 Å². The van der Waals surface area contributed by atoms with Gasteiger partial charge in [0.05, 0.1) is 6.61 Å². The van der Waals surface area contributed by atoms with Crippen LogP contribution in [0.15, 0.2) is 12.2 Å². The third kappa shape index (κ3) is 11.0. The fourth-order valence-electron chi connectivity index (χ4n) is 2.08. The Hall–Kier alpha value is -0.830. The second-order valence-electron chi connectivity index (χ2n) is 5.53. The second-order valence-corrected chi connectivity index (χ2v) is 5.53. The first kappa shape index (κ1) is 19.2. The molecule has 0 amide bonds. The van der Waals surface area contributed by atoms with Crippen LogP contribution in [0.3, 0.4) is 0 Å². The molecule has 0 aromatic rings. The zero-order valence-corrected chi connectivity index (χ0v) is 13.7. The zero-order valence-electron chi connectivity index (χ0n) is 13.7. The summed E-state index contributed by atoms with van der Waals surface area (Å²) in [5.74, 6) is -0.270. The summed E-state index contributed by atoms with van der Waals surface area (Å²) in [6.45, 7) is 13.6. The van der Waals surface area contributed by atoms with Gasteiger partial charge < -0.3 is 9.64 Å². The van der Waals surface area contributed by atoms with E-state index in [-0.39, 0.29) is 5.97 Å². The average Bonchev–Trinajstić information content (AvgIpc) is 2.42. The van der Waals surface area contributed by atoms with E-state index in [0.717, 1.165) is 13.0 Å². The van der Waals surface area contributed by atoms with Gasteiger partial charge in [-0.1, -0.05) is 46.1 Å². The molecule has 0 aromatic carbocycles. The van der Waals surface area contributed by atoms with Gasteiger partial charge in [-0.3, -0.25) is 0 Å². The van der Waals surface area contributed by atoms with E-state index in [1.54, 1.807) is 6.92 Å². The SMILES string of the molecule is C=C(C)C(=O)OCCCN(CCCCC)CCCCC. The van der Waals surface area contributed by atoms with Gasteiger partial charge in [-0.15, -0.1) is 0 Å². The highest BCUT2D eigenvalue weighted by Gasteiger charge is 2.06. The lowest BCUT2D eigenvalue weighted by atomic mass is 10.2. The molecule has 0 N–H and O–H groups in total. The zero-order chi connectivity index (χ0) is 15.2. The summed E-state index contributed by atoms with van der Waals surface area (Å²) in [7, 11) is 0. The highest BCUT2D eigenvalue weighted by Crippen LogP contribution is 2.04. The number of rotatable bonds is 13. The smallest absolute Gasteiger partial charge is 0.333 e. The summed E-state index contributed by atoms with van der Waals surface area (Å²) in [4.78, 5) is 13.8. The molecule has 3 heteroatoms. The molecule has 0 aliphatic heterocycles. The summed E-state index contributed by atoms with van der Waals surface area (Å²) in [5.41, 5.74) is 0.479. The molecular weight excluding hydrogens is 250 g/mol. The van der Waals surface area contributed by atoms with E-state index < -0.39 is 0 Å². The van der Waals surface area contributed by atoms with Crippen molar-refractivity contribution in [3.8, 4) is 0 Å². The van der Waals surface area contributed by atoms with Crippen molar-refractivity contribution in [1.82, 2.24) is 4.90 Å². The van der Waals surface area contributed by atoms with Crippen molar-refractivity contribution in [2.75, 3.05) is 26.2 Å². The maximum Gasteiger partial charge on any atom is 0.333 e. The van der Waals surface area contributed by atoms with Crippen LogP contribution in [0.4, 0.5) is 0 Å². The Bertz CT molecular complexity index is 254. The fraction of sp³-hybridized carbons (Fsp3) is 0.824. The van der Waals surface area contributed by atoms with Gasteiger partial charge in [0.2, 0.25) is 0 Å². The maximum absolute atomic E-state index is 11.3. The number of ether oxygens (including phenoxy) is 1. The minimum absolute atomic E-state index is 0.270. The van der Waals surface area contributed by atoms with Gasteiger partial charge in [0.25, 0.3) is 0 Å². The third-order valence-corrected chi connectivity index (χ3v) is 3.36. The lowest BCUT2D eigenvalue weighted by Crippen LogP contribution is -2.28. The van der Waals surface area contributed by atoms with E-state index >= 15 is 0 Å². The van der Waals surface area contributed by atoms with Gasteiger partial charge in [0.15, 0.2) is 0 Å². The molecule has 0 fully saturated rings. The Balaban J connectivity index is 3.82. The fourth-order valence-corrected chi connectivity index (χ4v) is 2.08. The van der Waals surface area contributed by atoms with Crippen molar-refractivity contribution in [2.45, 2.75) is 65.7 Å². The average molecular weight is 283 g/mol. The first-order valence-corrected chi connectivity index (χ1v) is 8.16.